The van der Waals surface area contributed by atoms with Gasteiger partial charge in [-0.15, -0.1) is 5.11 Å². The Hall–Kier alpha value is -2.25. The monoisotopic (exact) mass is 262 g/mol. The summed E-state index contributed by atoms with van der Waals surface area (Å²) in [6, 6.07) is 2.00. The van der Waals surface area contributed by atoms with E-state index in [0.717, 1.165) is 19.5 Å². The molecule has 0 radical (unpaired) electrons. The molecule has 0 saturated heterocycles. The molecule has 3 heterocycles. The average Bonchev–Trinajstić information content (AvgIpc) is 2.90. The van der Waals surface area contributed by atoms with E-state index in [0.29, 0.717) is 17.5 Å². The molecule has 0 aliphatic carbocycles. The Morgan fingerprint density at radius 1 is 1.26 bits per heavy atom. The number of fused-ring (bicyclic) bond motifs is 1. The second-order valence-corrected chi connectivity index (χ2v) is 4.14. The van der Waals surface area contributed by atoms with Gasteiger partial charge in [0.1, 0.15) is 0 Å². The molecule has 0 bridgehead atoms. The molecular formula is C11H14N6O2. The van der Waals surface area contributed by atoms with E-state index in [4.69, 9.17) is 9.47 Å². The number of aromatic nitrogens is 2. The maximum absolute atomic E-state index is 5.14. The number of ether oxygens (including phenoxy) is 2. The van der Waals surface area contributed by atoms with Crippen LogP contribution in [0.4, 0.5) is 0 Å². The van der Waals surface area contributed by atoms with Crippen LogP contribution in [0.2, 0.25) is 0 Å². The van der Waals surface area contributed by atoms with Crippen molar-refractivity contribution in [2.45, 2.75) is 12.6 Å². The minimum atomic E-state index is -0.273. The summed E-state index contributed by atoms with van der Waals surface area (Å²) < 4.78 is 10.2. The average molecular weight is 262 g/mol. The highest BCUT2D eigenvalue weighted by atomic mass is 16.5. The topological polar surface area (TPSA) is 84.6 Å². The SMILES string of the molecule is COc1cc(C2N=NC3=NCCCN32)nc(OC)n1. The minimum absolute atomic E-state index is 0.256. The molecule has 1 unspecified atom stereocenters. The summed E-state index contributed by atoms with van der Waals surface area (Å²) in [6.07, 6.45) is 0.717. The third kappa shape index (κ3) is 2.09. The first-order valence-corrected chi connectivity index (χ1v) is 6.00. The molecule has 0 aromatic carbocycles. The highest BCUT2D eigenvalue weighted by Crippen LogP contribution is 2.31. The molecule has 100 valence electrons. The summed E-state index contributed by atoms with van der Waals surface area (Å²) in [5.74, 6) is 1.12. The Labute approximate surface area is 110 Å². The number of azo groups is 1. The molecule has 0 N–H and O–H groups in total. The van der Waals surface area contributed by atoms with Crippen molar-refractivity contribution >= 4 is 5.96 Å². The van der Waals surface area contributed by atoms with Gasteiger partial charge in [-0.25, -0.2) is 4.99 Å². The Balaban J connectivity index is 1.96. The van der Waals surface area contributed by atoms with E-state index in [1.807, 2.05) is 4.90 Å². The van der Waals surface area contributed by atoms with Crippen molar-refractivity contribution in [1.82, 2.24) is 14.9 Å². The van der Waals surface area contributed by atoms with E-state index in [2.05, 4.69) is 25.2 Å². The molecule has 3 rings (SSSR count). The summed E-state index contributed by atoms with van der Waals surface area (Å²) in [5, 5.41) is 8.31. The van der Waals surface area contributed by atoms with Crippen LogP contribution in [0.25, 0.3) is 0 Å². The van der Waals surface area contributed by atoms with Crippen LogP contribution in [-0.2, 0) is 0 Å². The molecule has 0 spiro atoms. The minimum Gasteiger partial charge on any atom is -0.481 e. The number of nitrogens with zero attached hydrogens (tertiary/aromatic N) is 6. The molecule has 8 nitrogen and oxygen atoms in total. The predicted molar refractivity (Wildman–Crippen MR) is 66.4 cm³/mol. The lowest BCUT2D eigenvalue weighted by atomic mass is 10.2. The van der Waals surface area contributed by atoms with Gasteiger partial charge in [-0.05, 0) is 6.42 Å². The lowest BCUT2D eigenvalue weighted by Crippen LogP contribution is -2.33. The quantitative estimate of drug-likeness (QED) is 0.811. The van der Waals surface area contributed by atoms with E-state index in [1.165, 1.54) is 7.11 Å². The third-order valence-corrected chi connectivity index (χ3v) is 2.98. The Morgan fingerprint density at radius 2 is 2.16 bits per heavy atom. The molecule has 19 heavy (non-hydrogen) atoms. The first-order chi connectivity index (χ1) is 9.31. The molecule has 0 fully saturated rings. The summed E-state index contributed by atoms with van der Waals surface area (Å²) in [6.45, 7) is 1.67. The van der Waals surface area contributed by atoms with Gasteiger partial charge in [-0.1, -0.05) is 0 Å². The lowest BCUT2D eigenvalue weighted by molar-refractivity contribution is 0.308. The number of hydrogen-bond donors (Lipinski definition) is 0. The highest BCUT2D eigenvalue weighted by Gasteiger charge is 2.32. The largest absolute Gasteiger partial charge is 0.481 e. The van der Waals surface area contributed by atoms with Crippen molar-refractivity contribution in [1.29, 1.82) is 0 Å². The molecule has 1 aromatic rings. The molecule has 0 saturated carbocycles. The summed E-state index contributed by atoms with van der Waals surface area (Å²) in [7, 11) is 3.07. The summed E-state index contributed by atoms with van der Waals surface area (Å²) in [5.41, 5.74) is 0.694. The Morgan fingerprint density at radius 3 is 2.95 bits per heavy atom. The fourth-order valence-electron chi connectivity index (χ4n) is 2.07. The number of hydrogen-bond acceptors (Lipinski definition) is 8. The van der Waals surface area contributed by atoms with Gasteiger partial charge in [0.05, 0.1) is 19.9 Å². The number of guanidine groups is 1. The third-order valence-electron chi connectivity index (χ3n) is 2.98. The molecular weight excluding hydrogens is 248 g/mol. The summed E-state index contributed by atoms with van der Waals surface area (Å²) >= 11 is 0. The predicted octanol–water partition coefficient (Wildman–Crippen LogP) is 1.02. The smallest absolute Gasteiger partial charge is 0.319 e. The van der Waals surface area contributed by atoms with E-state index in [1.54, 1.807) is 13.2 Å². The van der Waals surface area contributed by atoms with Crippen molar-refractivity contribution in [3.63, 3.8) is 0 Å². The second kappa shape index (κ2) is 4.79. The maximum atomic E-state index is 5.14. The van der Waals surface area contributed by atoms with Crippen LogP contribution in [0.3, 0.4) is 0 Å². The Kier molecular flexibility index (Phi) is 2.98. The lowest BCUT2D eigenvalue weighted by Gasteiger charge is -2.25. The van der Waals surface area contributed by atoms with Crippen molar-refractivity contribution in [3.8, 4) is 11.9 Å². The van der Waals surface area contributed by atoms with E-state index >= 15 is 0 Å². The Bertz CT molecular complexity index is 522. The van der Waals surface area contributed by atoms with Gasteiger partial charge in [0.25, 0.3) is 0 Å². The zero-order valence-electron chi connectivity index (χ0n) is 10.8. The van der Waals surface area contributed by atoms with Crippen molar-refractivity contribution in [2.75, 3.05) is 27.3 Å². The van der Waals surface area contributed by atoms with Crippen molar-refractivity contribution in [3.05, 3.63) is 11.8 Å². The van der Waals surface area contributed by atoms with Gasteiger partial charge in [-0.3, -0.25) is 0 Å². The molecule has 2 aliphatic heterocycles. The standard InChI is InChI=1S/C11H14N6O2/c1-18-8-6-7(13-11(14-8)19-2)9-15-16-10-12-4-3-5-17(9)10/h6,9H,3-5H2,1-2H3. The number of rotatable bonds is 3. The van der Waals surface area contributed by atoms with Gasteiger partial charge < -0.3 is 14.4 Å². The van der Waals surface area contributed by atoms with Crippen LogP contribution in [0.15, 0.2) is 21.3 Å². The van der Waals surface area contributed by atoms with Gasteiger partial charge in [0, 0.05) is 19.2 Å². The first kappa shape index (κ1) is 11.8. The molecule has 1 atom stereocenters. The first-order valence-electron chi connectivity index (χ1n) is 6.00. The van der Waals surface area contributed by atoms with Crippen molar-refractivity contribution < 1.29 is 9.47 Å². The van der Waals surface area contributed by atoms with Crippen LogP contribution < -0.4 is 9.47 Å². The molecule has 8 heteroatoms. The normalized spacial score (nSPS) is 21.1. The number of methoxy groups -OCH3 is 2. The van der Waals surface area contributed by atoms with Crippen LogP contribution >= 0.6 is 0 Å². The zero-order chi connectivity index (χ0) is 13.2. The number of aliphatic imine (C=N–C) groups is 1. The van der Waals surface area contributed by atoms with Crippen LogP contribution in [0.1, 0.15) is 18.3 Å². The van der Waals surface area contributed by atoms with Crippen LogP contribution in [0.5, 0.6) is 11.9 Å². The van der Waals surface area contributed by atoms with Gasteiger partial charge in [0.15, 0.2) is 6.17 Å². The highest BCUT2D eigenvalue weighted by molar-refractivity contribution is 5.82. The zero-order valence-corrected chi connectivity index (χ0v) is 10.8. The van der Waals surface area contributed by atoms with Gasteiger partial charge in [-0.2, -0.15) is 15.1 Å². The van der Waals surface area contributed by atoms with Crippen LogP contribution in [0, 0.1) is 0 Å². The molecule has 1 aromatic heterocycles. The van der Waals surface area contributed by atoms with E-state index < -0.39 is 0 Å². The molecule has 2 aliphatic rings. The maximum Gasteiger partial charge on any atom is 0.319 e. The van der Waals surface area contributed by atoms with Gasteiger partial charge in [0.2, 0.25) is 11.8 Å². The second-order valence-electron chi connectivity index (χ2n) is 4.14. The van der Waals surface area contributed by atoms with Crippen LogP contribution in [-0.4, -0.2) is 48.1 Å². The fourth-order valence-corrected chi connectivity index (χ4v) is 2.07. The van der Waals surface area contributed by atoms with Crippen molar-refractivity contribution in [2.24, 2.45) is 15.2 Å². The fraction of sp³-hybridized carbons (Fsp3) is 0.545. The summed E-state index contributed by atoms with van der Waals surface area (Å²) in [4.78, 5) is 14.7. The van der Waals surface area contributed by atoms with Gasteiger partial charge >= 0.3 is 6.01 Å². The van der Waals surface area contributed by atoms with E-state index in [-0.39, 0.29) is 12.2 Å². The molecule has 0 amide bonds. The van der Waals surface area contributed by atoms with E-state index in [9.17, 15) is 0 Å².